The van der Waals surface area contributed by atoms with Gasteiger partial charge in [0.2, 0.25) is 0 Å². The van der Waals surface area contributed by atoms with E-state index in [0.717, 1.165) is 18.7 Å². The van der Waals surface area contributed by atoms with Gasteiger partial charge in [0.25, 0.3) is 0 Å². The van der Waals surface area contributed by atoms with Gasteiger partial charge in [-0.3, -0.25) is 11.4 Å². The number of carbonyl (C=O) groups is 2. The third kappa shape index (κ3) is 6.77. The van der Waals surface area contributed by atoms with Crippen LogP contribution in [0.3, 0.4) is 0 Å². The molecule has 0 unspecified atom stereocenters. The van der Waals surface area contributed by atoms with Gasteiger partial charge in [-0.15, -0.1) is 0 Å². The number of ketones is 2. The van der Waals surface area contributed by atoms with Crippen LogP contribution >= 0.6 is 0 Å². The first-order chi connectivity index (χ1) is 11.4. The van der Waals surface area contributed by atoms with Crippen LogP contribution < -0.4 is 0 Å². The van der Waals surface area contributed by atoms with Gasteiger partial charge >= 0.3 is 0 Å². The second-order valence-corrected chi connectivity index (χ2v) is 6.56. The Morgan fingerprint density at radius 1 is 0.960 bits per heavy atom. The maximum absolute atomic E-state index is 12.4. The van der Waals surface area contributed by atoms with Crippen LogP contribution in [0.5, 0.6) is 0 Å². The number of nitrogens with zero attached hydrogens (tertiary/aromatic N) is 1. The normalized spacial score (nSPS) is 10.6. The fraction of sp³-hybridized carbons (Fsp3) is 0.238. The van der Waals surface area contributed by atoms with E-state index in [-0.39, 0.29) is 44.3 Å². The standard InChI is InChI=1S/C21H23NO2.Y/c1-4-20(23)14-15-22(2,3)16-17-10-12-19(13-11-17)21(24)18-8-6-5-7-9-18;/h5-13H,1,14-16H2,2-3H3;. The van der Waals surface area contributed by atoms with Crippen molar-refractivity contribution >= 4 is 11.6 Å². The van der Waals surface area contributed by atoms with Gasteiger partial charge in [-0.1, -0.05) is 54.6 Å². The molecule has 0 aliphatic carbocycles. The van der Waals surface area contributed by atoms with Gasteiger partial charge < -0.3 is 15.4 Å². The summed E-state index contributed by atoms with van der Waals surface area (Å²) in [4.78, 5) is 23.7. The molecular weight excluding hydrogens is 387 g/mol. The third-order valence-corrected chi connectivity index (χ3v) is 4.00. The molecule has 4 heteroatoms. The van der Waals surface area contributed by atoms with Gasteiger partial charge in [0.05, 0.1) is 20.6 Å². The number of allylic oxidation sites excluding steroid dienone is 1. The summed E-state index contributed by atoms with van der Waals surface area (Å²) >= 11 is 0. The van der Waals surface area contributed by atoms with Crippen LogP contribution in [0.1, 0.15) is 27.9 Å². The zero-order valence-electron chi connectivity index (χ0n) is 14.9. The first kappa shape index (κ1) is 21.6. The predicted molar refractivity (Wildman–Crippen MR) is 95.5 cm³/mol. The summed E-state index contributed by atoms with van der Waals surface area (Å²) in [5.41, 5.74) is 2.52. The Hall–Kier alpha value is -1.42. The van der Waals surface area contributed by atoms with Crippen LogP contribution in [0.2, 0.25) is 0 Å². The number of Topliss-reactive ketones (excluding diaryl/α,β-unsaturated/α-hetero) is 1. The topological polar surface area (TPSA) is 34.1 Å². The number of hydrogen-bond donors (Lipinski definition) is 0. The van der Waals surface area contributed by atoms with Crippen LogP contribution in [-0.4, -0.2) is 36.7 Å². The van der Waals surface area contributed by atoms with Crippen molar-refractivity contribution in [3.05, 3.63) is 83.9 Å². The number of benzene rings is 2. The molecule has 127 valence electrons. The van der Waals surface area contributed by atoms with Crippen LogP contribution in [-0.2, 0) is 44.0 Å². The average molecular weight is 410 g/mol. The molecule has 0 aromatic heterocycles. The van der Waals surface area contributed by atoms with Crippen molar-refractivity contribution < 1.29 is 46.8 Å². The molecule has 2 aromatic rings. The molecule has 0 atom stereocenters. The molecule has 0 saturated carbocycles. The molecule has 0 bridgehead atoms. The van der Waals surface area contributed by atoms with Crippen LogP contribution in [0.4, 0.5) is 0 Å². The number of hydrogen-bond acceptors (Lipinski definition) is 2. The minimum Gasteiger partial charge on any atom is -0.434 e. The van der Waals surface area contributed by atoms with Gasteiger partial charge in [-0.05, 0) is 5.78 Å². The quantitative estimate of drug-likeness (QED) is 0.289. The van der Waals surface area contributed by atoms with Gasteiger partial charge in [0.1, 0.15) is 6.54 Å². The molecule has 0 N–H and O–H groups in total. The first-order valence-electron chi connectivity index (χ1n) is 7.98. The third-order valence-electron chi connectivity index (χ3n) is 4.00. The molecule has 25 heavy (non-hydrogen) atoms. The predicted octanol–water partition coefficient (Wildman–Crippen LogP) is 3.44. The van der Waals surface area contributed by atoms with E-state index in [2.05, 4.69) is 26.8 Å². The summed E-state index contributed by atoms with van der Waals surface area (Å²) in [6, 6.07) is 17.0. The number of rotatable bonds is 8. The molecule has 0 aliphatic heterocycles. The molecule has 2 rings (SSSR count). The van der Waals surface area contributed by atoms with Gasteiger partial charge in [-0.25, -0.2) is 0 Å². The van der Waals surface area contributed by atoms with Crippen molar-refractivity contribution in [3.8, 4) is 0 Å². The Bertz CT molecular complexity index is 721. The summed E-state index contributed by atoms with van der Waals surface area (Å²) in [5.74, 6) is -0.0203. The molecule has 0 fully saturated rings. The average Bonchev–Trinajstić information content (AvgIpc) is 2.60. The summed E-state index contributed by atoms with van der Waals surface area (Å²) in [7, 11) is 4.17. The second-order valence-electron chi connectivity index (χ2n) is 6.56. The maximum atomic E-state index is 12.4. The van der Waals surface area contributed by atoms with Crippen molar-refractivity contribution in [1.29, 1.82) is 0 Å². The van der Waals surface area contributed by atoms with Crippen LogP contribution in [0, 0.1) is 6.08 Å². The van der Waals surface area contributed by atoms with Gasteiger partial charge in [-0.2, -0.15) is 0 Å². The summed E-state index contributed by atoms with van der Waals surface area (Å²) in [6.07, 6.45) is 2.85. The maximum Gasteiger partial charge on any atom is 0.193 e. The van der Waals surface area contributed by atoms with Crippen LogP contribution in [0.15, 0.2) is 61.2 Å². The summed E-state index contributed by atoms with van der Waals surface area (Å²) < 4.78 is 0.694. The molecular formula is C21H23NO2Y. The first-order valence-corrected chi connectivity index (χ1v) is 7.98. The summed E-state index contributed by atoms with van der Waals surface area (Å²) in [5, 5.41) is 0. The minimum absolute atomic E-state index is 0. The molecule has 2 aromatic carbocycles. The van der Waals surface area contributed by atoms with Gasteiger partial charge in [0, 0.05) is 55.8 Å². The fourth-order valence-electron chi connectivity index (χ4n) is 2.58. The Kier molecular flexibility index (Phi) is 8.57. The Labute approximate surface area is 175 Å². The van der Waals surface area contributed by atoms with Gasteiger partial charge in [0.15, 0.2) is 5.78 Å². The molecule has 0 heterocycles. The second kappa shape index (κ2) is 9.91. The molecule has 0 amide bonds. The van der Waals surface area contributed by atoms with Crippen molar-refractivity contribution in [2.45, 2.75) is 13.0 Å². The fourth-order valence-corrected chi connectivity index (χ4v) is 2.58. The summed E-state index contributed by atoms with van der Waals surface area (Å²) in [6.45, 7) is 4.91. The van der Waals surface area contributed by atoms with E-state index in [9.17, 15) is 9.59 Å². The molecule has 3 nitrogen and oxygen atoms in total. The number of quaternary nitrogens is 1. The molecule has 0 aliphatic rings. The van der Waals surface area contributed by atoms with E-state index in [1.165, 1.54) is 0 Å². The molecule has 0 spiro atoms. The zero-order chi connectivity index (χ0) is 17.6. The number of carbonyl (C=O) groups excluding carboxylic acids is 2. The molecule has 1 radical (unpaired) electrons. The van der Waals surface area contributed by atoms with Crippen molar-refractivity contribution in [2.24, 2.45) is 0 Å². The van der Waals surface area contributed by atoms with Crippen molar-refractivity contribution in [1.82, 2.24) is 0 Å². The zero-order valence-corrected chi connectivity index (χ0v) is 17.7. The van der Waals surface area contributed by atoms with E-state index in [0.29, 0.717) is 22.0 Å². The largest absolute Gasteiger partial charge is 0.434 e. The monoisotopic (exact) mass is 410 g/mol. The Morgan fingerprint density at radius 2 is 1.52 bits per heavy atom. The smallest absolute Gasteiger partial charge is 0.193 e. The molecule has 0 saturated heterocycles. The van der Waals surface area contributed by atoms with Crippen molar-refractivity contribution in [3.63, 3.8) is 0 Å². The van der Waals surface area contributed by atoms with E-state index in [4.69, 9.17) is 0 Å². The van der Waals surface area contributed by atoms with E-state index < -0.39 is 0 Å². The van der Waals surface area contributed by atoms with E-state index in [1.54, 1.807) is 0 Å². The Balaban J connectivity index is 0.00000312. The van der Waals surface area contributed by atoms with Crippen LogP contribution in [0.25, 0.3) is 0 Å². The SMILES string of the molecule is C=[C-]C(=O)CC[N+](C)(C)Cc1ccc(C(=O)c2ccccc2)cc1.[Y]. The minimum atomic E-state index is -0.0509. The van der Waals surface area contributed by atoms with E-state index in [1.807, 2.05) is 54.6 Å². The van der Waals surface area contributed by atoms with Crippen molar-refractivity contribution in [2.75, 3.05) is 20.6 Å². The van der Waals surface area contributed by atoms with E-state index >= 15 is 0 Å². The Morgan fingerprint density at radius 3 is 2.08 bits per heavy atom.